The van der Waals surface area contributed by atoms with Gasteiger partial charge in [0.25, 0.3) is 0 Å². The zero-order valence-corrected chi connectivity index (χ0v) is 11.6. The van der Waals surface area contributed by atoms with Crippen molar-refractivity contribution in [1.29, 1.82) is 0 Å². The van der Waals surface area contributed by atoms with E-state index in [4.69, 9.17) is 4.52 Å². The number of aromatic nitrogens is 2. The summed E-state index contributed by atoms with van der Waals surface area (Å²) in [5.74, 6) is 5.38. The molecule has 0 aliphatic heterocycles. The molecule has 3 rings (SSSR count). The molecule has 0 atom stereocenters. The zero-order chi connectivity index (χ0) is 15.4. The minimum Gasteiger partial charge on any atom is -0.317 e. The van der Waals surface area contributed by atoms with E-state index in [1.54, 1.807) is 0 Å². The Morgan fingerprint density at radius 2 is 1.68 bits per heavy atom. The molecule has 0 unspecified atom stereocenters. The fourth-order valence-corrected chi connectivity index (χ4v) is 2.00. The van der Waals surface area contributed by atoms with Crippen molar-refractivity contribution in [3.63, 3.8) is 0 Å². The Kier molecular flexibility index (Phi) is 3.75. The summed E-state index contributed by atoms with van der Waals surface area (Å²) in [5.41, 5.74) is 2.02. The molecule has 5 heteroatoms. The van der Waals surface area contributed by atoms with Crippen LogP contribution in [0.1, 0.15) is 16.7 Å². The molecular weight excluding hydrogens is 280 g/mol. The summed E-state index contributed by atoms with van der Waals surface area (Å²) in [4.78, 5) is 24.4. The number of hydrogen-bond donors (Lipinski definition) is 1. The van der Waals surface area contributed by atoms with Crippen molar-refractivity contribution in [3.05, 3.63) is 92.3 Å². The van der Waals surface area contributed by atoms with E-state index < -0.39 is 11.4 Å². The van der Waals surface area contributed by atoms with Gasteiger partial charge in [-0.25, -0.2) is 14.6 Å². The quantitative estimate of drug-likeness (QED) is 0.729. The Bertz CT molecular complexity index is 953. The Morgan fingerprint density at radius 1 is 0.955 bits per heavy atom. The molecule has 0 radical (unpaired) electrons. The second kappa shape index (κ2) is 6.02. The molecule has 108 valence electrons. The topological polar surface area (TPSA) is 68.0 Å². The third-order valence-corrected chi connectivity index (χ3v) is 3.01. The SMILES string of the molecule is O=c1[nH]c(=O)n(Cc2cccc(C#Cc3ccccc3)c2)o1. The summed E-state index contributed by atoms with van der Waals surface area (Å²) in [5, 5.41) is 0. The first-order chi connectivity index (χ1) is 10.7. The average molecular weight is 292 g/mol. The molecule has 1 heterocycles. The van der Waals surface area contributed by atoms with Crippen LogP contribution in [0.15, 0.2) is 68.7 Å². The van der Waals surface area contributed by atoms with Crippen LogP contribution in [-0.2, 0) is 6.54 Å². The van der Waals surface area contributed by atoms with Crippen molar-refractivity contribution in [2.24, 2.45) is 0 Å². The second-order valence-electron chi connectivity index (χ2n) is 4.66. The van der Waals surface area contributed by atoms with Crippen molar-refractivity contribution >= 4 is 0 Å². The first-order valence-electron chi connectivity index (χ1n) is 6.67. The maximum Gasteiger partial charge on any atom is 0.440 e. The maximum absolute atomic E-state index is 11.4. The molecule has 5 nitrogen and oxygen atoms in total. The molecule has 0 bridgehead atoms. The average Bonchev–Trinajstić information content (AvgIpc) is 2.84. The summed E-state index contributed by atoms with van der Waals surface area (Å²) in [7, 11) is 0. The Labute approximate surface area is 125 Å². The summed E-state index contributed by atoms with van der Waals surface area (Å²) >= 11 is 0. The summed E-state index contributed by atoms with van der Waals surface area (Å²) in [6.07, 6.45) is 0. The van der Waals surface area contributed by atoms with Gasteiger partial charge >= 0.3 is 11.4 Å². The Morgan fingerprint density at radius 3 is 2.41 bits per heavy atom. The Hall–Kier alpha value is -3.26. The number of aromatic amines is 1. The third-order valence-electron chi connectivity index (χ3n) is 3.01. The first-order valence-corrected chi connectivity index (χ1v) is 6.67. The minimum absolute atomic E-state index is 0.179. The van der Waals surface area contributed by atoms with Crippen LogP contribution in [0.5, 0.6) is 0 Å². The first kappa shape index (κ1) is 13.7. The molecule has 3 aromatic rings. The standard InChI is InChI=1S/C17H12N2O3/c20-16-18-17(21)22-19(16)12-15-8-4-7-14(11-15)10-9-13-5-2-1-3-6-13/h1-8,11H,12H2,(H,18,20,21). The monoisotopic (exact) mass is 292 g/mol. The lowest BCUT2D eigenvalue weighted by molar-refractivity contribution is 0.258. The van der Waals surface area contributed by atoms with Crippen LogP contribution >= 0.6 is 0 Å². The molecule has 0 amide bonds. The highest BCUT2D eigenvalue weighted by Crippen LogP contribution is 2.06. The predicted octanol–water partition coefficient (Wildman–Crippen LogP) is 1.58. The van der Waals surface area contributed by atoms with Crippen molar-refractivity contribution < 1.29 is 4.52 Å². The van der Waals surface area contributed by atoms with Gasteiger partial charge in [0, 0.05) is 11.1 Å². The van der Waals surface area contributed by atoms with Gasteiger partial charge in [-0.2, -0.15) is 0 Å². The van der Waals surface area contributed by atoms with Gasteiger partial charge in [-0.05, 0) is 29.8 Å². The highest BCUT2D eigenvalue weighted by Gasteiger charge is 2.03. The van der Waals surface area contributed by atoms with Crippen molar-refractivity contribution in [1.82, 2.24) is 9.72 Å². The molecule has 1 aromatic heterocycles. The largest absolute Gasteiger partial charge is 0.440 e. The van der Waals surface area contributed by atoms with Gasteiger partial charge in [0.2, 0.25) is 0 Å². The van der Waals surface area contributed by atoms with Crippen LogP contribution in [0, 0.1) is 11.8 Å². The number of hydrogen-bond acceptors (Lipinski definition) is 3. The molecular formula is C17H12N2O3. The van der Waals surface area contributed by atoms with Crippen LogP contribution in [0.25, 0.3) is 0 Å². The number of nitrogens with zero attached hydrogens (tertiary/aromatic N) is 1. The van der Waals surface area contributed by atoms with Gasteiger partial charge in [-0.1, -0.05) is 42.2 Å². The van der Waals surface area contributed by atoms with Crippen molar-refractivity contribution in [2.75, 3.05) is 0 Å². The van der Waals surface area contributed by atoms with Gasteiger partial charge in [0.15, 0.2) is 0 Å². The fourth-order valence-electron chi connectivity index (χ4n) is 2.00. The smallest absolute Gasteiger partial charge is 0.317 e. The van der Waals surface area contributed by atoms with E-state index in [0.717, 1.165) is 21.4 Å². The number of H-pyrrole nitrogens is 1. The Balaban J connectivity index is 1.84. The molecule has 2 aromatic carbocycles. The summed E-state index contributed by atoms with van der Waals surface area (Å²) < 4.78 is 5.72. The van der Waals surface area contributed by atoms with Crippen LogP contribution in [0.2, 0.25) is 0 Å². The van der Waals surface area contributed by atoms with Crippen molar-refractivity contribution in [2.45, 2.75) is 6.54 Å². The van der Waals surface area contributed by atoms with E-state index in [1.807, 2.05) is 59.6 Å². The molecule has 1 N–H and O–H groups in total. The van der Waals surface area contributed by atoms with E-state index in [0.29, 0.717) is 0 Å². The van der Waals surface area contributed by atoms with E-state index in [-0.39, 0.29) is 6.54 Å². The van der Waals surface area contributed by atoms with Gasteiger partial charge < -0.3 is 4.52 Å². The van der Waals surface area contributed by atoms with Gasteiger partial charge in [0.05, 0.1) is 6.54 Å². The van der Waals surface area contributed by atoms with E-state index in [2.05, 4.69) is 11.8 Å². The van der Waals surface area contributed by atoms with E-state index >= 15 is 0 Å². The zero-order valence-electron chi connectivity index (χ0n) is 11.6. The minimum atomic E-state index is -0.759. The lowest BCUT2D eigenvalue weighted by Gasteiger charge is -2.00. The summed E-state index contributed by atoms with van der Waals surface area (Å²) in [6.45, 7) is 0.179. The maximum atomic E-state index is 11.4. The summed E-state index contributed by atoms with van der Waals surface area (Å²) in [6, 6.07) is 17.1. The molecule has 22 heavy (non-hydrogen) atoms. The highest BCUT2D eigenvalue weighted by molar-refractivity contribution is 5.43. The second-order valence-corrected chi connectivity index (χ2v) is 4.66. The van der Waals surface area contributed by atoms with Crippen LogP contribution < -0.4 is 11.4 Å². The van der Waals surface area contributed by atoms with Gasteiger partial charge in [0.1, 0.15) is 0 Å². The molecule has 0 saturated carbocycles. The predicted molar refractivity (Wildman–Crippen MR) is 81.6 cm³/mol. The molecule has 0 aliphatic rings. The fraction of sp³-hybridized carbons (Fsp3) is 0.0588. The van der Waals surface area contributed by atoms with Crippen molar-refractivity contribution in [3.8, 4) is 11.8 Å². The normalized spacial score (nSPS) is 10.0. The molecule has 0 aliphatic carbocycles. The third kappa shape index (κ3) is 3.25. The van der Waals surface area contributed by atoms with Gasteiger partial charge in [-0.3, -0.25) is 0 Å². The van der Waals surface area contributed by atoms with E-state index in [9.17, 15) is 9.59 Å². The highest BCUT2D eigenvalue weighted by atomic mass is 16.5. The van der Waals surface area contributed by atoms with Crippen LogP contribution in [0.3, 0.4) is 0 Å². The molecule has 0 saturated heterocycles. The van der Waals surface area contributed by atoms with E-state index in [1.165, 1.54) is 0 Å². The molecule has 0 spiro atoms. The lowest BCUT2D eigenvalue weighted by Crippen LogP contribution is -2.17. The lowest BCUT2D eigenvalue weighted by atomic mass is 10.1. The van der Waals surface area contributed by atoms with Gasteiger partial charge in [-0.15, -0.1) is 4.74 Å². The van der Waals surface area contributed by atoms with Crippen LogP contribution in [-0.4, -0.2) is 9.72 Å². The van der Waals surface area contributed by atoms with Crippen LogP contribution in [0.4, 0.5) is 0 Å². The molecule has 0 fully saturated rings. The number of nitrogens with one attached hydrogen (secondary N) is 1. The number of rotatable bonds is 2. The number of benzene rings is 2.